The van der Waals surface area contributed by atoms with Crippen LogP contribution >= 0.6 is 0 Å². The Morgan fingerprint density at radius 2 is 2.31 bits per heavy atom. The number of hydrogen-bond donors (Lipinski definition) is 1. The maximum absolute atomic E-state index is 11.4. The van der Waals surface area contributed by atoms with Crippen LogP contribution in [-0.4, -0.2) is 28.7 Å². The molecule has 0 amide bonds. The van der Waals surface area contributed by atoms with Crippen molar-refractivity contribution in [2.24, 2.45) is 0 Å². The summed E-state index contributed by atoms with van der Waals surface area (Å²) in [6.45, 7) is 2.73. The first kappa shape index (κ1) is 11.8. The molecule has 2 fully saturated rings. The summed E-state index contributed by atoms with van der Waals surface area (Å²) >= 11 is 0. The van der Waals surface area contributed by atoms with Crippen LogP contribution in [0.25, 0.3) is 0 Å². The minimum absolute atomic E-state index is 0.142. The van der Waals surface area contributed by atoms with Crippen LogP contribution in [0.1, 0.15) is 45.4 Å². The van der Waals surface area contributed by atoms with E-state index in [4.69, 9.17) is 4.74 Å². The third kappa shape index (κ3) is 2.06. The molecule has 0 aromatic heterocycles. The predicted molar refractivity (Wildman–Crippen MR) is 61.2 cm³/mol. The molecule has 1 N–H and O–H groups in total. The molecule has 3 heteroatoms. The van der Waals surface area contributed by atoms with Gasteiger partial charge in [0.1, 0.15) is 17.0 Å². The molecule has 3 nitrogen and oxygen atoms in total. The smallest absolute Gasteiger partial charge is 0.136 e. The summed E-state index contributed by atoms with van der Waals surface area (Å²) in [4.78, 5) is 11.4. The summed E-state index contributed by atoms with van der Waals surface area (Å²) in [6, 6.07) is 0. The molecule has 1 saturated carbocycles. The summed E-state index contributed by atoms with van der Waals surface area (Å²) in [5, 5.41) is 10.5. The number of rotatable bonds is 4. The Hall–Kier alpha value is -0.670. The molecule has 1 saturated heterocycles. The van der Waals surface area contributed by atoms with Gasteiger partial charge in [0, 0.05) is 12.8 Å². The molecule has 0 aromatic rings. The summed E-state index contributed by atoms with van der Waals surface area (Å²) < 4.78 is 5.40. The number of allylic oxidation sites excluding steroid dienone is 1. The van der Waals surface area contributed by atoms with Crippen LogP contribution in [0.2, 0.25) is 0 Å². The van der Waals surface area contributed by atoms with E-state index < -0.39 is 11.2 Å². The van der Waals surface area contributed by atoms with Crippen molar-refractivity contribution in [3.63, 3.8) is 0 Å². The maximum atomic E-state index is 11.4. The summed E-state index contributed by atoms with van der Waals surface area (Å²) in [5.74, 6) is 0.142. The number of ketones is 1. The zero-order valence-electron chi connectivity index (χ0n) is 9.87. The van der Waals surface area contributed by atoms with E-state index in [9.17, 15) is 9.90 Å². The van der Waals surface area contributed by atoms with Crippen LogP contribution in [0.15, 0.2) is 12.2 Å². The number of aliphatic hydroxyl groups is 1. The molecule has 0 unspecified atom stereocenters. The van der Waals surface area contributed by atoms with E-state index >= 15 is 0 Å². The standard InChI is InChI=1S/C13H20O3/c1-2-3-4-5-7-12(15)9-11(14)6-8-13(12)10-16-13/h5,7,15H,2-4,6,8-10H2,1H3/b7-5+/t12-,13+/m1/s1. The first-order valence-corrected chi connectivity index (χ1v) is 6.18. The number of Topliss-reactive ketones (excluding diaryl/α,β-unsaturated/α-hetero) is 1. The molecular formula is C13H20O3. The number of epoxide rings is 1. The van der Waals surface area contributed by atoms with Crippen LogP contribution < -0.4 is 0 Å². The Kier molecular flexibility index (Phi) is 3.17. The van der Waals surface area contributed by atoms with Crippen molar-refractivity contribution in [1.82, 2.24) is 0 Å². The Bertz CT molecular complexity index is 304. The molecule has 1 aliphatic carbocycles. The van der Waals surface area contributed by atoms with Crippen LogP contribution in [0.4, 0.5) is 0 Å². The van der Waals surface area contributed by atoms with Gasteiger partial charge in [-0.15, -0.1) is 0 Å². The Morgan fingerprint density at radius 1 is 1.56 bits per heavy atom. The number of ether oxygens (including phenoxy) is 1. The van der Waals surface area contributed by atoms with Crippen molar-refractivity contribution < 1.29 is 14.6 Å². The van der Waals surface area contributed by atoms with Crippen molar-refractivity contribution >= 4 is 5.78 Å². The maximum Gasteiger partial charge on any atom is 0.136 e. The molecule has 2 atom stereocenters. The fraction of sp³-hybridized carbons (Fsp3) is 0.769. The van der Waals surface area contributed by atoms with E-state index in [-0.39, 0.29) is 12.2 Å². The normalized spacial score (nSPS) is 38.5. The molecule has 0 bridgehead atoms. The van der Waals surface area contributed by atoms with E-state index in [2.05, 4.69) is 6.92 Å². The summed E-state index contributed by atoms with van der Waals surface area (Å²) in [7, 11) is 0. The third-order valence-corrected chi connectivity index (χ3v) is 3.67. The van der Waals surface area contributed by atoms with Crippen LogP contribution in [-0.2, 0) is 9.53 Å². The fourth-order valence-electron chi connectivity index (χ4n) is 2.40. The summed E-state index contributed by atoms with van der Waals surface area (Å²) in [6.07, 6.45) is 8.44. The molecule has 1 heterocycles. The van der Waals surface area contributed by atoms with Gasteiger partial charge >= 0.3 is 0 Å². The van der Waals surface area contributed by atoms with Crippen molar-refractivity contribution in [2.45, 2.75) is 56.7 Å². The van der Waals surface area contributed by atoms with Gasteiger partial charge in [-0.2, -0.15) is 0 Å². The highest BCUT2D eigenvalue weighted by atomic mass is 16.6. The van der Waals surface area contributed by atoms with Gasteiger partial charge in [0.25, 0.3) is 0 Å². The molecular weight excluding hydrogens is 204 g/mol. The number of unbranched alkanes of at least 4 members (excludes halogenated alkanes) is 2. The predicted octanol–water partition coefficient (Wildman–Crippen LogP) is 1.99. The van der Waals surface area contributed by atoms with Crippen molar-refractivity contribution in [3.05, 3.63) is 12.2 Å². The SMILES string of the molecule is CCCC/C=C/[C@@]1(O)CC(=O)CC[C@]12CO2. The fourth-order valence-corrected chi connectivity index (χ4v) is 2.40. The van der Waals surface area contributed by atoms with E-state index in [1.54, 1.807) is 6.08 Å². The second-order valence-corrected chi connectivity index (χ2v) is 4.97. The van der Waals surface area contributed by atoms with Gasteiger partial charge in [-0.25, -0.2) is 0 Å². The monoisotopic (exact) mass is 224 g/mol. The zero-order valence-corrected chi connectivity index (χ0v) is 9.87. The summed E-state index contributed by atoms with van der Waals surface area (Å²) in [5.41, 5.74) is -1.49. The molecule has 90 valence electrons. The number of carbonyl (C=O) groups is 1. The van der Waals surface area contributed by atoms with E-state index in [1.807, 2.05) is 6.08 Å². The lowest BCUT2D eigenvalue weighted by molar-refractivity contribution is -0.130. The van der Waals surface area contributed by atoms with Gasteiger partial charge < -0.3 is 9.84 Å². The third-order valence-electron chi connectivity index (χ3n) is 3.67. The van der Waals surface area contributed by atoms with Crippen molar-refractivity contribution in [2.75, 3.05) is 6.61 Å². The highest BCUT2D eigenvalue weighted by molar-refractivity contribution is 5.81. The Balaban J connectivity index is 2.02. The lowest BCUT2D eigenvalue weighted by Gasteiger charge is -2.34. The number of carbonyl (C=O) groups excluding carboxylic acids is 1. The van der Waals surface area contributed by atoms with Gasteiger partial charge in [0.15, 0.2) is 0 Å². The second-order valence-electron chi connectivity index (χ2n) is 4.97. The van der Waals surface area contributed by atoms with Gasteiger partial charge in [-0.1, -0.05) is 31.9 Å². The average Bonchev–Trinajstić information content (AvgIpc) is 3.02. The topological polar surface area (TPSA) is 49.8 Å². The molecule has 1 aliphatic heterocycles. The zero-order chi connectivity index (χ0) is 11.6. The van der Waals surface area contributed by atoms with Gasteiger partial charge in [-0.05, 0) is 12.8 Å². The first-order chi connectivity index (χ1) is 7.62. The van der Waals surface area contributed by atoms with Gasteiger partial charge in [-0.3, -0.25) is 4.79 Å². The van der Waals surface area contributed by atoms with Gasteiger partial charge in [0.2, 0.25) is 0 Å². The van der Waals surface area contributed by atoms with Gasteiger partial charge in [0.05, 0.1) is 6.61 Å². The lowest BCUT2D eigenvalue weighted by atomic mass is 9.74. The molecule has 0 radical (unpaired) electrons. The highest BCUT2D eigenvalue weighted by Crippen LogP contribution is 2.48. The Morgan fingerprint density at radius 3 is 2.94 bits per heavy atom. The quantitative estimate of drug-likeness (QED) is 0.451. The molecule has 1 spiro atoms. The average molecular weight is 224 g/mol. The van der Waals surface area contributed by atoms with E-state index in [0.717, 1.165) is 19.3 Å². The minimum atomic E-state index is -1.05. The van der Waals surface area contributed by atoms with Crippen LogP contribution in [0.5, 0.6) is 0 Å². The largest absolute Gasteiger partial charge is 0.382 e. The number of hydrogen-bond acceptors (Lipinski definition) is 3. The molecule has 2 aliphatic rings. The van der Waals surface area contributed by atoms with E-state index in [1.165, 1.54) is 0 Å². The van der Waals surface area contributed by atoms with Crippen LogP contribution in [0.3, 0.4) is 0 Å². The molecule has 0 aromatic carbocycles. The Labute approximate surface area is 96.5 Å². The lowest BCUT2D eigenvalue weighted by Crippen LogP contribution is -2.49. The van der Waals surface area contributed by atoms with Crippen molar-refractivity contribution in [3.8, 4) is 0 Å². The first-order valence-electron chi connectivity index (χ1n) is 6.18. The van der Waals surface area contributed by atoms with E-state index in [0.29, 0.717) is 19.4 Å². The molecule has 2 rings (SSSR count). The highest BCUT2D eigenvalue weighted by Gasteiger charge is 2.62. The molecule has 16 heavy (non-hydrogen) atoms. The van der Waals surface area contributed by atoms with Crippen LogP contribution in [0, 0.1) is 0 Å². The second kappa shape index (κ2) is 4.30. The minimum Gasteiger partial charge on any atom is -0.382 e. The van der Waals surface area contributed by atoms with Crippen molar-refractivity contribution in [1.29, 1.82) is 0 Å².